The van der Waals surface area contributed by atoms with Crippen LogP contribution in [-0.2, 0) is 6.61 Å². The van der Waals surface area contributed by atoms with E-state index in [-0.39, 0.29) is 0 Å². The molecule has 0 radical (unpaired) electrons. The predicted octanol–water partition coefficient (Wildman–Crippen LogP) is 12.0. The minimum atomic E-state index is 0.462. The summed E-state index contributed by atoms with van der Waals surface area (Å²) in [6, 6.07) is 63.8. The van der Waals surface area contributed by atoms with Gasteiger partial charge in [-0.05, 0) is 92.5 Å². The average molecular weight is 619 g/mol. The lowest BCUT2D eigenvalue weighted by atomic mass is 9.95. The Kier molecular flexibility index (Phi) is 7.77. The van der Waals surface area contributed by atoms with E-state index in [0.29, 0.717) is 12.3 Å². The number of nitrogens with zero attached hydrogens (tertiary/aromatic N) is 1. The Morgan fingerprint density at radius 2 is 1.04 bits per heavy atom. The molecule has 8 rings (SSSR count). The van der Waals surface area contributed by atoms with Crippen LogP contribution in [-0.4, -0.2) is 0 Å². The molecule has 0 saturated heterocycles. The van der Waals surface area contributed by atoms with Crippen LogP contribution in [0.25, 0.3) is 43.8 Å². The molecule has 3 nitrogen and oxygen atoms in total. The molecule has 0 bridgehead atoms. The molecule has 0 aliphatic heterocycles. The van der Waals surface area contributed by atoms with Gasteiger partial charge in [-0.25, -0.2) is 0 Å². The molecule has 0 amide bonds. The van der Waals surface area contributed by atoms with Gasteiger partial charge in [-0.15, -0.1) is 0 Å². The van der Waals surface area contributed by atoms with Crippen molar-refractivity contribution < 1.29 is 4.74 Å². The molecule has 8 aromatic rings. The van der Waals surface area contributed by atoms with Crippen LogP contribution in [0.1, 0.15) is 5.56 Å². The van der Waals surface area contributed by atoms with Crippen LogP contribution >= 0.6 is 0 Å². The monoisotopic (exact) mass is 618 g/mol. The Morgan fingerprint density at radius 1 is 0.438 bits per heavy atom. The van der Waals surface area contributed by atoms with Crippen molar-refractivity contribution >= 4 is 44.3 Å². The summed E-state index contributed by atoms with van der Waals surface area (Å²) in [5.41, 5.74) is 16.2. The molecule has 230 valence electrons. The molecule has 0 heterocycles. The van der Waals surface area contributed by atoms with Crippen LogP contribution in [0.4, 0.5) is 22.7 Å². The standard InChI is InChI=1S/C45H34N2O/c46-44-28-27-42-41(17-10-18-43(42)45(44)48-31-32-11-4-1-5-12-32)37-20-19-36-30-40(26-23-35(36)29-37)47(38-15-8-3-9-16-38)39-24-21-34(22-25-39)33-13-6-2-7-14-33/h1-30H,31,46H2. The largest absolute Gasteiger partial charge is 0.486 e. The van der Waals surface area contributed by atoms with Crippen molar-refractivity contribution in [2.45, 2.75) is 6.61 Å². The summed E-state index contributed by atoms with van der Waals surface area (Å²) in [6.07, 6.45) is 0. The van der Waals surface area contributed by atoms with Crippen molar-refractivity contribution in [1.82, 2.24) is 0 Å². The van der Waals surface area contributed by atoms with Crippen LogP contribution < -0.4 is 15.4 Å². The molecule has 3 heteroatoms. The SMILES string of the molecule is Nc1ccc2c(-c3ccc4cc(N(c5ccccc5)c5ccc(-c6ccccc6)cc5)ccc4c3)cccc2c1OCc1ccccc1. The second-order valence-electron chi connectivity index (χ2n) is 12.0. The van der Waals surface area contributed by atoms with Crippen molar-refractivity contribution in [3.63, 3.8) is 0 Å². The number of hydrogen-bond acceptors (Lipinski definition) is 3. The molecular formula is C45H34N2O. The highest BCUT2D eigenvalue weighted by Crippen LogP contribution is 2.40. The zero-order valence-electron chi connectivity index (χ0n) is 26.5. The lowest BCUT2D eigenvalue weighted by Gasteiger charge is -2.26. The van der Waals surface area contributed by atoms with Crippen LogP contribution in [0.3, 0.4) is 0 Å². The van der Waals surface area contributed by atoms with Gasteiger partial charge in [-0.3, -0.25) is 0 Å². The van der Waals surface area contributed by atoms with E-state index in [1.54, 1.807) is 0 Å². The molecule has 0 spiro atoms. The number of anilines is 4. The zero-order chi connectivity index (χ0) is 32.3. The first-order valence-corrected chi connectivity index (χ1v) is 16.2. The van der Waals surface area contributed by atoms with E-state index in [1.807, 2.05) is 24.3 Å². The summed E-state index contributed by atoms with van der Waals surface area (Å²) in [5.74, 6) is 0.724. The Hall–Kier alpha value is -6.32. The fourth-order valence-electron chi connectivity index (χ4n) is 6.49. The quantitative estimate of drug-likeness (QED) is 0.172. The Morgan fingerprint density at radius 3 is 1.81 bits per heavy atom. The van der Waals surface area contributed by atoms with Crippen molar-refractivity contribution in [1.29, 1.82) is 0 Å². The molecule has 0 aromatic heterocycles. The third kappa shape index (κ3) is 5.74. The summed E-state index contributed by atoms with van der Waals surface area (Å²) >= 11 is 0. The predicted molar refractivity (Wildman–Crippen MR) is 202 cm³/mol. The average Bonchev–Trinajstić information content (AvgIpc) is 3.15. The van der Waals surface area contributed by atoms with Gasteiger partial charge in [0.2, 0.25) is 0 Å². The van der Waals surface area contributed by atoms with E-state index < -0.39 is 0 Å². The topological polar surface area (TPSA) is 38.5 Å². The normalized spacial score (nSPS) is 11.1. The highest BCUT2D eigenvalue weighted by molar-refractivity contribution is 6.04. The van der Waals surface area contributed by atoms with E-state index in [4.69, 9.17) is 10.5 Å². The molecule has 8 aromatic carbocycles. The molecule has 0 unspecified atom stereocenters. The van der Waals surface area contributed by atoms with Gasteiger partial charge in [0, 0.05) is 22.4 Å². The first-order chi connectivity index (χ1) is 23.7. The fraction of sp³-hybridized carbons (Fsp3) is 0.0222. The van der Waals surface area contributed by atoms with E-state index in [1.165, 1.54) is 21.9 Å². The minimum Gasteiger partial charge on any atom is -0.486 e. The number of ether oxygens (including phenoxy) is 1. The third-order valence-electron chi connectivity index (χ3n) is 8.91. The van der Waals surface area contributed by atoms with E-state index in [2.05, 4.69) is 163 Å². The summed E-state index contributed by atoms with van der Waals surface area (Å²) in [7, 11) is 0. The molecule has 0 atom stereocenters. The molecule has 0 fully saturated rings. The summed E-state index contributed by atoms with van der Waals surface area (Å²) in [5, 5.41) is 4.47. The molecule has 48 heavy (non-hydrogen) atoms. The van der Waals surface area contributed by atoms with Gasteiger partial charge in [0.25, 0.3) is 0 Å². The lowest BCUT2D eigenvalue weighted by Crippen LogP contribution is -2.09. The molecular weight excluding hydrogens is 585 g/mol. The third-order valence-corrected chi connectivity index (χ3v) is 8.91. The molecule has 0 saturated carbocycles. The van der Waals surface area contributed by atoms with E-state index >= 15 is 0 Å². The minimum absolute atomic E-state index is 0.462. The maximum absolute atomic E-state index is 6.44. The molecule has 0 aliphatic rings. The van der Waals surface area contributed by atoms with Gasteiger partial charge in [0.05, 0.1) is 5.69 Å². The summed E-state index contributed by atoms with van der Waals surface area (Å²) < 4.78 is 6.31. The van der Waals surface area contributed by atoms with Gasteiger partial charge >= 0.3 is 0 Å². The summed E-state index contributed by atoms with van der Waals surface area (Å²) in [4.78, 5) is 2.31. The van der Waals surface area contributed by atoms with Crippen molar-refractivity contribution in [3.8, 4) is 28.0 Å². The molecule has 0 aliphatic carbocycles. The Labute approximate surface area is 281 Å². The van der Waals surface area contributed by atoms with Crippen LogP contribution in [0.5, 0.6) is 5.75 Å². The number of benzene rings is 8. The number of para-hydroxylation sites is 1. The van der Waals surface area contributed by atoms with Crippen molar-refractivity contribution in [2.75, 3.05) is 10.6 Å². The van der Waals surface area contributed by atoms with Crippen molar-refractivity contribution in [2.24, 2.45) is 0 Å². The molecule has 2 N–H and O–H groups in total. The maximum atomic E-state index is 6.44. The lowest BCUT2D eigenvalue weighted by molar-refractivity contribution is 0.312. The number of nitrogen functional groups attached to an aromatic ring is 1. The van der Waals surface area contributed by atoms with Crippen LogP contribution in [0.15, 0.2) is 182 Å². The number of nitrogens with two attached hydrogens (primary N) is 1. The highest BCUT2D eigenvalue weighted by atomic mass is 16.5. The highest BCUT2D eigenvalue weighted by Gasteiger charge is 2.15. The van der Waals surface area contributed by atoms with Gasteiger partial charge in [0.1, 0.15) is 6.61 Å². The van der Waals surface area contributed by atoms with Gasteiger partial charge in [-0.1, -0.05) is 133 Å². The number of rotatable bonds is 8. The second-order valence-corrected chi connectivity index (χ2v) is 12.0. The van der Waals surface area contributed by atoms with Crippen LogP contribution in [0.2, 0.25) is 0 Å². The van der Waals surface area contributed by atoms with Gasteiger partial charge < -0.3 is 15.4 Å². The zero-order valence-corrected chi connectivity index (χ0v) is 26.5. The fourth-order valence-corrected chi connectivity index (χ4v) is 6.49. The second kappa shape index (κ2) is 12.8. The van der Waals surface area contributed by atoms with Gasteiger partial charge in [0.15, 0.2) is 5.75 Å². The van der Waals surface area contributed by atoms with Crippen molar-refractivity contribution in [3.05, 3.63) is 188 Å². The number of fused-ring (bicyclic) bond motifs is 2. The smallest absolute Gasteiger partial charge is 0.150 e. The first-order valence-electron chi connectivity index (χ1n) is 16.2. The van der Waals surface area contributed by atoms with E-state index in [0.717, 1.165) is 50.3 Å². The maximum Gasteiger partial charge on any atom is 0.150 e. The van der Waals surface area contributed by atoms with Gasteiger partial charge in [-0.2, -0.15) is 0 Å². The summed E-state index contributed by atoms with van der Waals surface area (Å²) in [6.45, 7) is 0.462. The Bertz CT molecular complexity index is 2330. The Balaban J connectivity index is 1.14. The number of hydrogen-bond donors (Lipinski definition) is 1. The van der Waals surface area contributed by atoms with E-state index in [9.17, 15) is 0 Å². The first kappa shape index (κ1) is 29.1. The van der Waals surface area contributed by atoms with Crippen LogP contribution in [0, 0.1) is 0 Å².